The van der Waals surface area contributed by atoms with Crippen molar-refractivity contribution in [2.45, 2.75) is 25.8 Å². The third-order valence-electron chi connectivity index (χ3n) is 4.27. The van der Waals surface area contributed by atoms with E-state index in [1.807, 2.05) is 30.0 Å². The van der Waals surface area contributed by atoms with Gasteiger partial charge in [0.1, 0.15) is 11.5 Å². The Morgan fingerprint density at radius 3 is 2.68 bits per heavy atom. The van der Waals surface area contributed by atoms with Crippen LogP contribution in [0, 0.1) is 6.92 Å². The van der Waals surface area contributed by atoms with E-state index in [0.29, 0.717) is 6.54 Å². The summed E-state index contributed by atoms with van der Waals surface area (Å²) in [4.78, 5) is 14.6. The fourth-order valence-electron chi connectivity index (χ4n) is 3.15. The van der Waals surface area contributed by atoms with E-state index in [-0.39, 0.29) is 29.0 Å². The standard InChI is InChI=1S/C18H19NO3/c1-12-5-2-3-6-14(12)16-7-4-10-19(16)18(22)15-9-8-13(20)11-17(15)21/h2-3,5-6,8-9,11,16,20-21H,4,7,10H2,1H3/t16-/m0/s1. The number of nitrogens with zero attached hydrogens (tertiary/aromatic N) is 1. The van der Waals surface area contributed by atoms with Gasteiger partial charge in [0.05, 0.1) is 11.6 Å². The molecule has 1 saturated heterocycles. The minimum absolute atomic E-state index is 0.0434. The molecule has 22 heavy (non-hydrogen) atoms. The Bertz CT molecular complexity index is 711. The highest BCUT2D eigenvalue weighted by molar-refractivity contribution is 5.97. The molecule has 3 rings (SSSR count). The third kappa shape index (κ3) is 2.52. The number of phenolic OH excluding ortho intramolecular Hbond substituents is 2. The molecule has 4 heteroatoms. The molecule has 0 aliphatic carbocycles. The Hall–Kier alpha value is -2.49. The summed E-state index contributed by atoms with van der Waals surface area (Å²) < 4.78 is 0. The van der Waals surface area contributed by atoms with Gasteiger partial charge >= 0.3 is 0 Å². The van der Waals surface area contributed by atoms with Crippen molar-refractivity contribution in [1.82, 2.24) is 4.90 Å². The van der Waals surface area contributed by atoms with Gasteiger partial charge in [-0.3, -0.25) is 4.79 Å². The van der Waals surface area contributed by atoms with Gasteiger partial charge in [0, 0.05) is 12.6 Å². The van der Waals surface area contributed by atoms with Gasteiger partial charge in [0.2, 0.25) is 0 Å². The van der Waals surface area contributed by atoms with Gasteiger partial charge in [-0.25, -0.2) is 0 Å². The number of aryl methyl sites for hydroxylation is 1. The molecule has 0 unspecified atom stereocenters. The lowest BCUT2D eigenvalue weighted by molar-refractivity contribution is 0.0732. The van der Waals surface area contributed by atoms with Crippen LogP contribution < -0.4 is 0 Å². The summed E-state index contributed by atoms with van der Waals surface area (Å²) in [6.07, 6.45) is 1.87. The van der Waals surface area contributed by atoms with E-state index in [9.17, 15) is 15.0 Å². The van der Waals surface area contributed by atoms with E-state index < -0.39 is 0 Å². The molecule has 0 radical (unpaired) electrons. The first kappa shape index (κ1) is 14.4. The summed E-state index contributed by atoms with van der Waals surface area (Å²) >= 11 is 0. The number of amides is 1. The molecule has 0 bridgehead atoms. The van der Waals surface area contributed by atoms with Crippen LogP contribution in [0.15, 0.2) is 42.5 Å². The van der Waals surface area contributed by atoms with Gasteiger partial charge in [0.25, 0.3) is 5.91 Å². The normalized spacial score (nSPS) is 17.7. The van der Waals surface area contributed by atoms with Crippen LogP contribution in [-0.4, -0.2) is 27.6 Å². The van der Waals surface area contributed by atoms with Crippen molar-refractivity contribution in [1.29, 1.82) is 0 Å². The predicted octanol–water partition coefficient (Wildman–Crippen LogP) is 3.38. The maximum Gasteiger partial charge on any atom is 0.258 e. The van der Waals surface area contributed by atoms with Gasteiger partial charge in [-0.05, 0) is 43.0 Å². The largest absolute Gasteiger partial charge is 0.508 e. The Morgan fingerprint density at radius 1 is 1.18 bits per heavy atom. The molecule has 1 amide bonds. The zero-order valence-corrected chi connectivity index (χ0v) is 12.5. The van der Waals surface area contributed by atoms with E-state index in [4.69, 9.17) is 0 Å². The molecule has 114 valence electrons. The van der Waals surface area contributed by atoms with Crippen molar-refractivity contribution < 1.29 is 15.0 Å². The van der Waals surface area contributed by atoms with E-state index in [0.717, 1.165) is 18.4 Å². The lowest BCUT2D eigenvalue weighted by Gasteiger charge is -2.26. The molecular weight excluding hydrogens is 278 g/mol. The molecule has 0 spiro atoms. The first-order chi connectivity index (χ1) is 10.6. The van der Waals surface area contributed by atoms with E-state index in [2.05, 4.69) is 6.07 Å². The molecule has 4 nitrogen and oxygen atoms in total. The zero-order chi connectivity index (χ0) is 15.7. The van der Waals surface area contributed by atoms with E-state index in [1.54, 1.807) is 0 Å². The van der Waals surface area contributed by atoms with Crippen LogP contribution in [0.25, 0.3) is 0 Å². The van der Waals surface area contributed by atoms with Gasteiger partial charge in [-0.1, -0.05) is 24.3 Å². The smallest absolute Gasteiger partial charge is 0.258 e. The number of hydrogen-bond acceptors (Lipinski definition) is 3. The molecule has 2 aromatic rings. The van der Waals surface area contributed by atoms with Crippen LogP contribution in [-0.2, 0) is 0 Å². The average molecular weight is 297 g/mol. The van der Waals surface area contributed by atoms with Crippen LogP contribution in [0.3, 0.4) is 0 Å². The topological polar surface area (TPSA) is 60.8 Å². The second-order valence-electron chi connectivity index (χ2n) is 5.71. The van der Waals surface area contributed by atoms with Crippen LogP contribution in [0.2, 0.25) is 0 Å². The first-order valence-electron chi connectivity index (χ1n) is 7.46. The summed E-state index contributed by atoms with van der Waals surface area (Å²) in [5.41, 5.74) is 2.56. The minimum atomic E-state index is -0.191. The number of likely N-dealkylation sites (tertiary alicyclic amines) is 1. The Morgan fingerprint density at radius 2 is 1.95 bits per heavy atom. The van der Waals surface area contributed by atoms with Crippen molar-refractivity contribution in [2.24, 2.45) is 0 Å². The van der Waals surface area contributed by atoms with Crippen LogP contribution >= 0.6 is 0 Å². The van der Waals surface area contributed by atoms with Crippen LogP contribution in [0.5, 0.6) is 11.5 Å². The van der Waals surface area contributed by atoms with Crippen molar-refractivity contribution >= 4 is 5.91 Å². The molecule has 2 aromatic carbocycles. The second-order valence-corrected chi connectivity index (χ2v) is 5.71. The summed E-state index contributed by atoms with van der Waals surface area (Å²) in [6, 6.07) is 12.2. The molecule has 1 heterocycles. The third-order valence-corrected chi connectivity index (χ3v) is 4.27. The monoisotopic (exact) mass is 297 g/mol. The summed E-state index contributed by atoms with van der Waals surface area (Å²) in [5.74, 6) is -0.422. The molecule has 2 N–H and O–H groups in total. The number of carbonyl (C=O) groups excluding carboxylic acids is 1. The Labute approximate surface area is 129 Å². The number of rotatable bonds is 2. The maximum atomic E-state index is 12.8. The van der Waals surface area contributed by atoms with Gasteiger partial charge in [0.15, 0.2) is 0 Å². The maximum absolute atomic E-state index is 12.8. The molecule has 0 aromatic heterocycles. The summed E-state index contributed by atoms with van der Waals surface area (Å²) in [5, 5.41) is 19.3. The number of hydrogen-bond donors (Lipinski definition) is 2. The summed E-state index contributed by atoms with van der Waals surface area (Å²) in [7, 11) is 0. The fourth-order valence-corrected chi connectivity index (χ4v) is 3.15. The van der Waals surface area contributed by atoms with Crippen molar-refractivity contribution in [3.05, 3.63) is 59.2 Å². The van der Waals surface area contributed by atoms with Crippen molar-refractivity contribution in [2.75, 3.05) is 6.54 Å². The van der Waals surface area contributed by atoms with Gasteiger partial charge < -0.3 is 15.1 Å². The fraction of sp³-hybridized carbons (Fsp3) is 0.278. The van der Waals surface area contributed by atoms with Crippen molar-refractivity contribution in [3.8, 4) is 11.5 Å². The summed E-state index contributed by atoms with van der Waals surface area (Å²) in [6.45, 7) is 2.73. The Kier molecular flexibility index (Phi) is 3.75. The van der Waals surface area contributed by atoms with Gasteiger partial charge in [-0.15, -0.1) is 0 Å². The number of phenols is 2. The van der Waals surface area contributed by atoms with E-state index >= 15 is 0 Å². The minimum Gasteiger partial charge on any atom is -0.508 e. The first-order valence-corrected chi connectivity index (χ1v) is 7.46. The molecular formula is C18H19NO3. The molecule has 1 aliphatic heterocycles. The highest BCUT2D eigenvalue weighted by atomic mass is 16.3. The molecule has 1 aliphatic rings. The average Bonchev–Trinajstić information content (AvgIpc) is 2.96. The van der Waals surface area contributed by atoms with E-state index in [1.165, 1.54) is 23.8 Å². The molecule has 0 saturated carbocycles. The quantitative estimate of drug-likeness (QED) is 0.893. The Balaban J connectivity index is 1.93. The molecule has 1 atom stereocenters. The number of aromatic hydroxyl groups is 2. The molecule has 1 fully saturated rings. The highest BCUT2D eigenvalue weighted by Crippen LogP contribution is 2.36. The number of benzene rings is 2. The van der Waals surface area contributed by atoms with Crippen LogP contribution in [0.4, 0.5) is 0 Å². The lowest BCUT2D eigenvalue weighted by Crippen LogP contribution is -2.30. The lowest BCUT2D eigenvalue weighted by atomic mass is 9.99. The van der Waals surface area contributed by atoms with Gasteiger partial charge in [-0.2, -0.15) is 0 Å². The van der Waals surface area contributed by atoms with Crippen molar-refractivity contribution in [3.63, 3.8) is 0 Å². The second kappa shape index (κ2) is 5.72. The number of carbonyl (C=O) groups is 1. The van der Waals surface area contributed by atoms with Crippen LogP contribution in [0.1, 0.15) is 40.4 Å². The SMILES string of the molecule is Cc1ccccc1[C@@H]1CCCN1C(=O)c1ccc(O)cc1O. The zero-order valence-electron chi connectivity index (χ0n) is 12.5. The highest BCUT2D eigenvalue weighted by Gasteiger charge is 2.32. The predicted molar refractivity (Wildman–Crippen MR) is 84.0 cm³/mol.